The third-order valence-electron chi connectivity index (χ3n) is 4.53. The van der Waals surface area contributed by atoms with Gasteiger partial charge in [0.2, 0.25) is 0 Å². The normalized spacial score (nSPS) is 12.4. The SMILES string of the molecule is Nc1cccc2c1C(=O)c1cccc(NC(=O)c3cc(Cl)ccc3Cl)c1C2=O. The summed E-state index contributed by atoms with van der Waals surface area (Å²) in [5.74, 6) is -1.29. The van der Waals surface area contributed by atoms with E-state index in [1.54, 1.807) is 36.4 Å². The molecule has 138 valence electrons. The molecule has 7 heteroatoms. The number of rotatable bonds is 2. The van der Waals surface area contributed by atoms with Crippen molar-refractivity contribution in [1.29, 1.82) is 0 Å². The molecular formula is C21H12Cl2N2O3. The van der Waals surface area contributed by atoms with Crippen LogP contribution in [0.25, 0.3) is 0 Å². The molecule has 3 aromatic carbocycles. The number of hydrogen-bond acceptors (Lipinski definition) is 4. The summed E-state index contributed by atoms with van der Waals surface area (Å²) >= 11 is 12.0. The Hall–Kier alpha value is -3.15. The average Bonchev–Trinajstić information content (AvgIpc) is 2.67. The highest BCUT2D eigenvalue weighted by Gasteiger charge is 2.33. The van der Waals surface area contributed by atoms with E-state index in [4.69, 9.17) is 28.9 Å². The molecule has 0 radical (unpaired) electrons. The summed E-state index contributed by atoms with van der Waals surface area (Å²) in [5, 5.41) is 3.23. The Balaban J connectivity index is 1.80. The number of fused-ring (bicyclic) bond motifs is 2. The Morgan fingerprint density at radius 3 is 2.25 bits per heavy atom. The van der Waals surface area contributed by atoms with E-state index in [0.717, 1.165) is 0 Å². The van der Waals surface area contributed by atoms with Crippen LogP contribution in [0.3, 0.4) is 0 Å². The molecule has 3 N–H and O–H groups in total. The second-order valence-corrected chi connectivity index (χ2v) is 7.08. The number of nitrogen functional groups attached to an aromatic ring is 1. The topological polar surface area (TPSA) is 89.3 Å². The molecule has 28 heavy (non-hydrogen) atoms. The van der Waals surface area contributed by atoms with Crippen molar-refractivity contribution in [3.8, 4) is 0 Å². The molecule has 1 amide bonds. The summed E-state index contributed by atoms with van der Waals surface area (Å²) in [4.78, 5) is 38.6. The molecule has 0 saturated heterocycles. The molecule has 0 atom stereocenters. The Morgan fingerprint density at radius 2 is 1.50 bits per heavy atom. The quantitative estimate of drug-likeness (QED) is 0.472. The van der Waals surface area contributed by atoms with E-state index in [-0.39, 0.29) is 55.8 Å². The zero-order valence-corrected chi connectivity index (χ0v) is 15.8. The predicted molar refractivity (Wildman–Crippen MR) is 109 cm³/mol. The Bertz CT molecular complexity index is 1190. The number of anilines is 2. The maximum atomic E-state index is 13.1. The van der Waals surface area contributed by atoms with Gasteiger partial charge < -0.3 is 11.1 Å². The van der Waals surface area contributed by atoms with Crippen molar-refractivity contribution in [1.82, 2.24) is 0 Å². The standard InChI is InChI=1S/C21H12Cl2N2O3/c22-10-7-8-14(23)13(9-10)21(28)25-16-6-2-4-12-18(16)20(27)11-3-1-5-15(24)17(11)19(12)26/h1-9H,24H2,(H,25,28). The van der Waals surface area contributed by atoms with Crippen LogP contribution < -0.4 is 11.1 Å². The van der Waals surface area contributed by atoms with Gasteiger partial charge in [-0.2, -0.15) is 0 Å². The van der Waals surface area contributed by atoms with Crippen LogP contribution in [-0.2, 0) is 0 Å². The van der Waals surface area contributed by atoms with Gasteiger partial charge in [0.15, 0.2) is 11.6 Å². The molecule has 1 aliphatic rings. The van der Waals surface area contributed by atoms with Gasteiger partial charge in [0.25, 0.3) is 5.91 Å². The largest absolute Gasteiger partial charge is 0.398 e. The van der Waals surface area contributed by atoms with Crippen molar-refractivity contribution in [2.45, 2.75) is 0 Å². The molecule has 0 saturated carbocycles. The summed E-state index contributed by atoms with van der Waals surface area (Å²) in [6.07, 6.45) is 0. The van der Waals surface area contributed by atoms with E-state index < -0.39 is 5.91 Å². The van der Waals surface area contributed by atoms with Crippen LogP contribution in [0.1, 0.15) is 42.2 Å². The molecule has 0 aromatic heterocycles. The van der Waals surface area contributed by atoms with Crippen LogP contribution in [0.4, 0.5) is 11.4 Å². The second-order valence-electron chi connectivity index (χ2n) is 6.23. The Kier molecular flexibility index (Phi) is 4.41. The fourth-order valence-corrected chi connectivity index (χ4v) is 3.61. The van der Waals surface area contributed by atoms with E-state index in [1.807, 2.05) is 0 Å². The maximum Gasteiger partial charge on any atom is 0.257 e. The predicted octanol–water partition coefficient (Wildman–Crippen LogP) is 4.60. The first-order chi connectivity index (χ1) is 13.4. The van der Waals surface area contributed by atoms with Crippen molar-refractivity contribution in [2.75, 3.05) is 11.1 Å². The first-order valence-corrected chi connectivity index (χ1v) is 9.01. The highest BCUT2D eigenvalue weighted by Crippen LogP contribution is 2.34. The number of hydrogen-bond donors (Lipinski definition) is 2. The smallest absolute Gasteiger partial charge is 0.257 e. The fraction of sp³-hybridized carbons (Fsp3) is 0. The molecule has 0 bridgehead atoms. The van der Waals surface area contributed by atoms with E-state index in [9.17, 15) is 14.4 Å². The lowest BCUT2D eigenvalue weighted by Crippen LogP contribution is -2.25. The van der Waals surface area contributed by atoms with Crippen LogP contribution >= 0.6 is 23.2 Å². The van der Waals surface area contributed by atoms with Gasteiger partial charge in [-0.25, -0.2) is 0 Å². The number of nitrogens with two attached hydrogens (primary N) is 1. The van der Waals surface area contributed by atoms with E-state index in [1.165, 1.54) is 18.2 Å². The van der Waals surface area contributed by atoms with Gasteiger partial charge in [-0.15, -0.1) is 0 Å². The molecule has 1 aliphatic carbocycles. The van der Waals surface area contributed by atoms with Gasteiger partial charge in [0, 0.05) is 21.8 Å². The highest BCUT2D eigenvalue weighted by molar-refractivity contribution is 6.37. The van der Waals surface area contributed by atoms with Gasteiger partial charge >= 0.3 is 0 Å². The zero-order chi connectivity index (χ0) is 20.0. The van der Waals surface area contributed by atoms with E-state index >= 15 is 0 Å². The first kappa shape index (κ1) is 18.2. The van der Waals surface area contributed by atoms with Gasteiger partial charge in [-0.3, -0.25) is 14.4 Å². The number of benzene rings is 3. The minimum absolute atomic E-state index is 0.122. The van der Waals surface area contributed by atoms with Crippen molar-refractivity contribution >= 4 is 52.1 Å². The van der Waals surface area contributed by atoms with Crippen molar-refractivity contribution < 1.29 is 14.4 Å². The number of ketones is 2. The molecule has 0 spiro atoms. The van der Waals surface area contributed by atoms with E-state index in [0.29, 0.717) is 5.02 Å². The van der Waals surface area contributed by atoms with Crippen LogP contribution in [0, 0.1) is 0 Å². The van der Waals surface area contributed by atoms with Gasteiger partial charge in [-0.05, 0) is 30.3 Å². The monoisotopic (exact) mass is 410 g/mol. The van der Waals surface area contributed by atoms with Crippen molar-refractivity contribution in [3.63, 3.8) is 0 Å². The lowest BCUT2D eigenvalue weighted by molar-refractivity contribution is 0.0979. The average molecular weight is 411 g/mol. The number of amides is 1. The van der Waals surface area contributed by atoms with Crippen LogP contribution in [0.2, 0.25) is 10.0 Å². The molecule has 5 nitrogen and oxygen atoms in total. The highest BCUT2D eigenvalue weighted by atomic mass is 35.5. The van der Waals surface area contributed by atoms with Crippen LogP contribution in [0.15, 0.2) is 54.6 Å². The molecule has 0 aliphatic heterocycles. The Labute approximate surface area is 170 Å². The van der Waals surface area contributed by atoms with Crippen molar-refractivity contribution in [3.05, 3.63) is 92.5 Å². The zero-order valence-electron chi connectivity index (χ0n) is 14.3. The maximum absolute atomic E-state index is 13.1. The number of carbonyl (C=O) groups excluding carboxylic acids is 3. The first-order valence-electron chi connectivity index (χ1n) is 8.26. The summed E-state index contributed by atoms with van der Waals surface area (Å²) in [6.45, 7) is 0. The second kappa shape index (κ2) is 6.78. The van der Waals surface area contributed by atoms with Crippen LogP contribution in [-0.4, -0.2) is 17.5 Å². The van der Waals surface area contributed by atoms with Gasteiger partial charge in [0.1, 0.15) is 0 Å². The third-order valence-corrected chi connectivity index (χ3v) is 5.09. The minimum atomic E-state index is -0.542. The van der Waals surface area contributed by atoms with Crippen LogP contribution in [0.5, 0.6) is 0 Å². The fourth-order valence-electron chi connectivity index (χ4n) is 3.23. The number of carbonyl (C=O) groups is 3. The Morgan fingerprint density at radius 1 is 0.857 bits per heavy atom. The van der Waals surface area contributed by atoms with Gasteiger partial charge in [-0.1, -0.05) is 47.5 Å². The molecular weight excluding hydrogens is 399 g/mol. The minimum Gasteiger partial charge on any atom is -0.398 e. The van der Waals surface area contributed by atoms with Crippen molar-refractivity contribution in [2.24, 2.45) is 0 Å². The number of halogens is 2. The summed E-state index contributed by atoms with van der Waals surface area (Å²) in [6, 6.07) is 13.9. The number of nitrogens with one attached hydrogen (secondary N) is 1. The summed E-state index contributed by atoms with van der Waals surface area (Å²) < 4.78 is 0. The molecule has 0 unspecified atom stereocenters. The van der Waals surface area contributed by atoms with Gasteiger partial charge in [0.05, 0.1) is 27.4 Å². The van der Waals surface area contributed by atoms with E-state index in [2.05, 4.69) is 5.32 Å². The molecule has 3 aromatic rings. The summed E-state index contributed by atoms with van der Waals surface area (Å²) in [5.41, 5.74) is 7.21. The molecule has 0 fully saturated rings. The third kappa shape index (κ3) is 2.85. The lowest BCUT2D eigenvalue weighted by Gasteiger charge is -2.21. The molecule has 4 rings (SSSR count). The lowest BCUT2D eigenvalue weighted by atomic mass is 9.82. The summed E-state index contributed by atoms with van der Waals surface area (Å²) in [7, 11) is 0. The molecule has 0 heterocycles.